The number of rotatable bonds is 11. The molecule has 0 saturated carbocycles. The van der Waals surface area contributed by atoms with Crippen LogP contribution in [0.15, 0.2) is 18.2 Å². The average Bonchev–Trinajstić information content (AvgIpc) is 2.48. The van der Waals surface area contributed by atoms with Crippen molar-refractivity contribution in [2.45, 2.75) is 65.3 Å². The summed E-state index contributed by atoms with van der Waals surface area (Å²) in [6, 6.07) is 6.52. The molecule has 0 spiro atoms. The Labute approximate surface area is 130 Å². The normalized spacial score (nSPS) is 12.0. The van der Waals surface area contributed by atoms with Crippen LogP contribution in [0.5, 0.6) is 11.5 Å². The molecule has 0 amide bonds. The number of hydrogen-bond donors (Lipinski definition) is 1. The summed E-state index contributed by atoms with van der Waals surface area (Å²) < 4.78 is 10.9. The van der Waals surface area contributed by atoms with Crippen LogP contribution in [0.25, 0.3) is 0 Å². The highest BCUT2D eigenvalue weighted by Gasteiger charge is 2.07. The Morgan fingerprint density at radius 3 is 2.48 bits per heavy atom. The van der Waals surface area contributed by atoms with E-state index < -0.39 is 0 Å². The van der Waals surface area contributed by atoms with E-state index in [0.717, 1.165) is 17.2 Å². The summed E-state index contributed by atoms with van der Waals surface area (Å²) in [5.41, 5.74) is 1.09. The molecule has 0 aliphatic carbocycles. The molecule has 1 rings (SSSR count). The van der Waals surface area contributed by atoms with Gasteiger partial charge in [0.15, 0.2) is 11.5 Å². The van der Waals surface area contributed by atoms with Crippen LogP contribution < -0.4 is 14.8 Å². The lowest BCUT2D eigenvalue weighted by molar-refractivity contribution is 0.311. The molecule has 0 fully saturated rings. The molecule has 0 heterocycles. The Balaban J connectivity index is 2.42. The van der Waals surface area contributed by atoms with Gasteiger partial charge in [-0.2, -0.15) is 0 Å². The molecule has 0 aromatic heterocycles. The fourth-order valence-electron chi connectivity index (χ4n) is 2.44. The van der Waals surface area contributed by atoms with E-state index in [1.54, 1.807) is 7.11 Å². The number of benzene rings is 1. The fourth-order valence-corrected chi connectivity index (χ4v) is 2.44. The Morgan fingerprint density at radius 1 is 1.05 bits per heavy atom. The number of hydrogen-bond acceptors (Lipinski definition) is 3. The van der Waals surface area contributed by atoms with Crippen molar-refractivity contribution < 1.29 is 9.47 Å². The highest BCUT2D eigenvalue weighted by atomic mass is 16.5. The largest absolute Gasteiger partial charge is 0.493 e. The lowest BCUT2D eigenvalue weighted by Gasteiger charge is -2.17. The van der Waals surface area contributed by atoms with E-state index in [1.807, 2.05) is 19.1 Å². The number of methoxy groups -OCH3 is 1. The van der Waals surface area contributed by atoms with Crippen molar-refractivity contribution in [1.29, 1.82) is 0 Å². The van der Waals surface area contributed by atoms with Gasteiger partial charge in [-0.05, 0) is 32.4 Å². The second-order valence-corrected chi connectivity index (χ2v) is 5.55. The number of ether oxygens (including phenoxy) is 2. The molecule has 21 heavy (non-hydrogen) atoms. The van der Waals surface area contributed by atoms with Gasteiger partial charge in [0, 0.05) is 17.8 Å². The van der Waals surface area contributed by atoms with Gasteiger partial charge in [0.2, 0.25) is 0 Å². The minimum Gasteiger partial charge on any atom is -0.493 e. The molecule has 1 N–H and O–H groups in total. The van der Waals surface area contributed by atoms with E-state index in [1.165, 1.54) is 38.5 Å². The van der Waals surface area contributed by atoms with Gasteiger partial charge in [-0.25, -0.2) is 0 Å². The molecule has 3 nitrogen and oxygen atoms in total. The number of nitrogens with one attached hydrogen (secondary N) is 1. The van der Waals surface area contributed by atoms with Gasteiger partial charge in [-0.1, -0.05) is 39.0 Å². The van der Waals surface area contributed by atoms with Crippen LogP contribution >= 0.6 is 0 Å². The lowest BCUT2D eigenvalue weighted by atomic mass is 10.1. The number of anilines is 1. The van der Waals surface area contributed by atoms with Gasteiger partial charge in [0.05, 0.1) is 13.7 Å². The molecule has 1 unspecified atom stereocenters. The topological polar surface area (TPSA) is 30.5 Å². The lowest BCUT2D eigenvalue weighted by Crippen LogP contribution is -2.14. The summed E-state index contributed by atoms with van der Waals surface area (Å²) in [5.74, 6) is 1.59. The van der Waals surface area contributed by atoms with Crippen LogP contribution in [0.2, 0.25) is 0 Å². The van der Waals surface area contributed by atoms with Gasteiger partial charge in [-0.3, -0.25) is 0 Å². The second-order valence-electron chi connectivity index (χ2n) is 5.55. The van der Waals surface area contributed by atoms with E-state index in [2.05, 4.69) is 25.2 Å². The molecular weight excluding hydrogens is 262 g/mol. The zero-order chi connectivity index (χ0) is 15.5. The highest BCUT2D eigenvalue weighted by molar-refractivity contribution is 5.55. The first-order chi connectivity index (χ1) is 10.2. The molecule has 1 atom stereocenters. The molecule has 1 aromatic rings. The van der Waals surface area contributed by atoms with Crippen LogP contribution in [0, 0.1) is 0 Å². The highest BCUT2D eigenvalue weighted by Crippen LogP contribution is 2.30. The molecule has 0 radical (unpaired) electrons. The molecule has 0 aliphatic rings. The maximum absolute atomic E-state index is 5.54. The third-order valence-corrected chi connectivity index (χ3v) is 3.62. The van der Waals surface area contributed by atoms with Crippen LogP contribution in [0.4, 0.5) is 5.69 Å². The van der Waals surface area contributed by atoms with Crippen molar-refractivity contribution in [3.63, 3.8) is 0 Å². The zero-order valence-electron chi connectivity index (χ0n) is 14.1. The Hall–Kier alpha value is -1.38. The van der Waals surface area contributed by atoms with E-state index in [-0.39, 0.29) is 0 Å². The van der Waals surface area contributed by atoms with Crippen molar-refractivity contribution in [3.05, 3.63) is 18.2 Å². The maximum atomic E-state index is 5.54. The van der Waals surface area contributed by atoms with Crippen molar-refractivity contribution in [2.24, 2.45) is 0 Å². The summed E-state index contributed by atoms with van der Waals surface area (Å²) >= 11 is 0. The number of unbranched alkanes of at least 4 members (excludes halogenated alkanes) is 4. The Kier molecular flexibility index (Phi) is 8.72. The van der Waals surface area contributed by atoms with Gasteiger partial charge in [-0.15, -0.1) is 0 Å². The smallest absolute Gasteiger partial charge is 0.162 e. The van der Waals surface area contributed by atoms with Crippen molar-refractivity contribution in [1.82, 2.24) is 0 Å². The zero-order valence-corrected chi connectivity index (χ0v) is 14.1. The van der Waals surface area contributed by atoms with E-state index in [9.17, 15) is 0 Å². The third kappa shape index (κ3) is 6.74. The summed E-state index contributed by atoms with van der Waals surface area (Å²) in [6.07, 6.45) is 7.87. The predicted octanol–water partition coefficient (Wildman–Crippen LogP) is 5.25. The molecule has 3 heteroatoms. The minimum atomic E-state index is 0.481. The predicted molar refractivity (Wildman–Crippen MR) is 90.6 cm³/mol. The standard InChI is InChI=1S/C18H31NO2/c1-5-7-8-9-10-11-15(3)19-16-12-13-17(21-6-2)18(14-16)20-4/h12-15,19H,5-11H2,1-4H3. The fraction of sp³-hybridized carbons (Fsp3) is 0.667. The monoisotopic (exact) mass is 293 g/mol. The summed E-state index contributed by atoms with van der Waals surface area (Å²) in [4.78, 5) is 0. The summed E-state index contributed by atoms with van der Waals surface area (Å²) in [6.45, 7) is 7.12. The van der Waals surface area contributed by atoms with Crippen molar-refractivity contribution in [2.75, 3.05) is 19.0 Å². The molecule has 0 saturated heterocycles. The van der Waals surface area contributed by atoms with E-state index >= 15 is 0 Å². The van der Waals surface area contributed by atoms with Crippen molar-refractivity contribution in [3.8, 4) is 11.5 Å². The summed E-state index contributed by atoms with van der Waals surface area (Å²) in [7, 11) is 1.68. The SMILES string of the molecule is CCCCCCCC(C)Nc1ccc(OCC)c(OC)c1. The first-order valence-electron chi connectivity index (χ1n) is 8.28. The summed E-state index contributed by atoms with van der Waals surface area (Å²) in [5, 5.41) is 3.54. The van der Waals surface area contributed by atoms with Gasteiger partial charge in [0.25, 0.3) is 0 Å². The van der Waals surface area contributed by atoms with Gasteiger partial charge >= 0.3 is 0 Å². The van der Waals surface area contributed by atoms with Crippen LogP contribution in [-0.4, -0.2) is 19.8 Å². The molecule has 1 aromatic carbocycles. The molecule has 120 valence electrons. The van der Waals surface area contributed by atoms with Crippen LogP contribution in [0.1, 0.15) is 59.3 Å². The third-order valence-electron chi connectivity index (χ3n) is 3.62. The molecule has 0 aliphatic heterocycles. The van der Waals surface area contributed by atoms with E-state index in [4.69, 9.17) is 9.47 Å². The first kappa shape index (κ1) is 17.7. The van der Waals surface area contributed by atoms with Gasteiger partial charge in [0.1, 0.15) is 0 Å². The average molecular weight is 293 g/mol. The first-order valence-corrected chi connectivity index (χ1v) is 8.28. The van der Waals surface area contributed by atoms with Gasteiger partial charge < -0.3 is 14.8 Å². The minimum absolute atomic E-state index is 0.481. The molecule has 0 bridgehead atoms. The van der Waals surface area contributed by atoms with Crippen molar-refractivity contribution >= 4 is 5.69 Å². The Morgan fingerprint density at radius 2 is 1.81 bits per heavy atom. The second kappa shape index (κ2) is 10.4. The quantitative estimate of drug-likeness (QED) is 0.565. The van der Waals surface area contributed by atoms with Crippen LogP contribution in [0.3, 0.4) is 0 Å². The molecular formula is C18H31NO2. The van der Waals surface area contributed by atoms with E-state index in [0.29, 0.717) is 12.6 Å². The maximum Gasteiger partial charge on any atom is 0.162 e. The Bertz CT molecular complexity index is 393. The van der Waals surface area contributed by atoms with Crippen LogP contribution in [-0.2, 0) is 0 Å².